The first kappa shape index (κ1) is 13.4. The first-order chi connectivity index (χ1) is 7.36. The maximum atomic E-state index is 13.5. The Kier molecular flexibility index (Phi) is 4.30. The highest BCUT2D eigenvalue weighted by molar-refractivity contribution is 6.30. The summed E-state index contributed by atoms with van der Waals surface area (Å²) in [6, 6.07) is 4.30. The summed E-state index contributed by atoms with van der Waals surface area (Å²) in [4.78, 5) is 0. The Hall–Kier alpha value is -0.640. The van der Waals surface area contributed by atoms with Crippen molar-refractivity contribution < 1.29 is 14.2 Å². The van der Waals surface area contributed by atoms with E-state index in [1.165, 1.54) is 25.3 Å². The molecule has 4 heteroatoms. The Labute approximate surface area is 100.0 Å². The smallest absolute Gasteiger partial charge is 0.126 e. The van der Waals surface area contributed by atoms with Gasteiger partial charge >= 0.3 is 0 Å². The van der Waals surface area contributed by atoms with Gasteiger partial charge in [0.05, 0.1) is 11.7 Å². The molecular formula is C12H16ClFO2. The summed E-state index contributed by atoms with van der Waals surface area (Å²) in [6.45, 7) is 3.35. The third kappa shape index (κ3) is 3.17. The molecule has 0 heterocycles. The zero-order valence-electron chi connectivity index (χ0n) is 9.63. The molecule has 0 saturated carbocycles. The van der Waals surface area contributed by atoms with E-state index in [0.29, 0.717) is 10.6 Å². The fraction of sp³-hybridized carbons (Fsp3) is 0.500. The quantitative estimate of drug-likeness (QED) is 0.885. The highest BCUT2D eigenvalue weighted by Gasteiger charge is 2.29. The SMILES string of the molecule is COC(C)C(C)(O)Cc1cc(Cl)ccc1F. The van der Waals surface area contributed by atoms with Crippen LogP contribution in [0.25, 0.3) is 0 Å². The Morgan fingerprint density at radius 1 is 1.56 bits per heavy atom. The predicted molar refractivity (Wildman–Crippen MR) is 62.2 cm³/mol. The van der Waals surface area contributed by atoms with Gasteiger partial charge in [-0.25, -0.2) is 4.39 Å². The van der Waals surface area contributed by atoms with E-state index in [0.717, 1.165) is 0 Å². The lowest BCUT2D eigenvalue weighted by Gasteiger charge is -2.29. The summed E-state index contributed by atoms with van der Waals surface area (Å²) in [5.74, 6) is -0.368. The molecule has 0 aliphatic carbocycles. The fourth-order valence-electron chi connectivity index (χ4n) is 1.46. The standard InChI is InChI=1S/C12H16ClFO2/c1-8(16-3)12(2,15)7-9-6-10(13)4-5-11(9)14/h4-6,8,15H,7H2,1-3H3. The molecule has 0 aromatic heterocycles. The molecule has 0 fully saturated rings. The van der Waals surface area contributed by atoms with Crippen LogP contribution in [0.2, 0.25) is 5.02 Å². The Morgan fingerprint density at radius 3 is 2.75 bits per heavy atom. The Morgan fingerprint density at radius 2 is 2.19 bits per heavy atom. The largest absolute Gasteiger partial charge is 0.387 e. The van der Waals surface area contributed by atoms with Gasteiger partial charge in [0.2, 0.25) is 0 Å². The van der Waals surface area contributed by atoms with Gasteiger partial charge in [-0.3, -0.25) is 0 Å². The minimum Gasteiger partial charge on any atom is -0.387 e. The van der Waals surface area contributed by atoms with E-state index in [-0.39, 0.29) is 18.3 Å². The van der Waals surface area contributed by atoms with Crippen molar-refractivity contribution in [3.8, 4) is 0 Å². The molecule has 2 unspecified atom stereocenters. The molecule has 2 nitrogen and oxygen atoms in total. The van der Waals surface area contributed by atoms with Gasteiger partial charge < -0.3 is 9.84 Å². The molecule has 1 aromatic carbocycles. The van der Waals surface area contributed by atoms with Gasteiger partial charge in [-0.05, 0) is 37.6 Å². The normalized spacial score (nSPS) is 16.9. The van der Waals surface area contributed by atoms with Gasteiger partial charge in [-0.15, -0.1) is 0 Å². The molecule has 1 N–H and O–H groups in total. The molecule has 0 bridgehead atoms. The summed E-state index contributed by atoms with van der Waals surface area (Å²) < 4.78 is 18.5. The third-order valence-electron chi connectivity index (χ3n) is 2.79. The van der Waals surface area contributed by atoms with Crippen LogP contribution in [-0.2, 0) is 11.2 Å². The minimum absolute atomic E-state index is 0.161. The van der Waals surface area contributed by atoms with E-state index in [1.54, 1.807) is 13.8 Å². The van der Waals surface area contributed by atoms with Gasteiger partial charge in [0.1, 0.15) is 5.82 Å². The average molecular weight is 247 g/mol. The van der Waals surface area contributed by atoms with Gasteiger partial charge in [0.25, 0.3) is 0 Å². The molecule has 0 amide bonds. The number of halogens is 2. The van der Waals surface area contributed by atoms with E-state index in [9.17, 15) is 9.50 Å². The second-order valence-corrected chi connectivity index (χ2v) is 4.58. The maximum absolute atomic E-state index is 13.5. The molecule has 16 heavy (non-hydrogen) atoms. The van der Waals surface area contributed by atoms with Crippen LogP contribution in [0.1, 0.15) is 19.4 Å². The topological polar surface area (TPSA) is 29.5 Å². The number of hydrogen-bond donors (Lipinski definition) is 1. The maximum Gasteiger partial charge on any atom is 0.126 e. The van der Waals surface area contributed by atoms with E-state index < -0.39 is 5.60 Å². The van der Waals surface area contributed by atoms with Crippen molar-refractivity contribution in [3.63, 3.8) is 0 Å². The summed E-state index contributed by atoms with van der Waals surface area (Å²) in [5.41, 5.74) is -0.735. The van der Waals surface area contributed by atoms with Crippen molar-refractivity contribution in [1.29, 1.82) is 0 Å². The van der Waals surface area contributed by atoms with Gasteiger partial charge in [-0.1, -0.05) is 11.6 Å². The molecule has 0 aliphatic rings. The van der Waals surface area contributed by atoms with Crippen LogP contribution in [0.15, 0.2) is 18.2 Å². The molecular weight excluding hydrogens is 231 g/mol. The van der Waals surface area contributed by atoms with Crippen molar-refractivity contribution in [2.24, 2.45) is 0 Å². The second kappa shape index (κ2) is 5.13. The third-order valence-corrected chi connectivity index (χ3v) is 3.02. The number of methoxy groups -OCH3 is 1. The average Bonchev–Trinajstić information content (AvgIpc) is 2.22. The molecule has 90 valence electrons. The number of benzene rings is 1. The van der Waals surface area contributed by atoms with Gasteiger partial charge in [0.15, 0.2) is 0 Å². The van der Waals surface area contributed by atoms with E-state index in [1.807, 2.05) is 0 Å². The Bertz CT molecular complexity index is 366. The predicted octanol–water partition coefficient (Wildman–Crippen LogP) is 2.81. The van der Waals surface area contributed by atoms with Crippen LogP contribution >= 0.6 is 11.6 Å². The summed E-state index contributed by atoms with van der Waals surface area (Å²) >= 11 is 5.78. The zero-order chi connectivity index (χ0) is 12.3. The van der Waals surface area contributed by atoms with Crippen molar-refractivity contribution in [2.45, 2.75) is 32.0 Å². The van der Waals surface area contributed by atoms with Crippen molar-refractivity contribution >= 4 is 11.6 Å². The lowest BCUT2D eigenvalue weighted by Crippen LogP contribution is -2.40. The second-order valence-electron chi connectivity index (χ2n) is 4.15. The molecule has 0 saturated heterocycles. The molecule has 2 atom stereocenters. The van der Waals surface area contributed by atoms with Crippen LogP contribution in [-0.4, -0.2) is 23.9 Å². The molecule has 0 spiro atoms. The first-order valence-electron chi connectivity index (χ1n) is 5.06. The minimum atomic E-state index is -1.12. The Balaban J connectivity index is 2.91. The molecule has 0 aliphatic heterocycles. The molecule has 1 rings (SSSR count). The van der Waals surface area contributed by atoms with Gasteiger partial charge in [0, 0.05) is 18.6 Å². The zero-order valence-corrected chi connectivity index (χ0v) is 10.4. The van der Waals surface area contributed by atoms with Crippen LogP contribution in [0, 0.1) is 5.82 Å². The molecule has 0 radical (unpaired) electrons. The number of aliphatic hydroxyl groups is 1. The lowest BCUT2D eigenvalue weighted by atomic mass is 9.91. The van der Waals surface area contributed by atoms with E-state index in [4.69, 9.17) is 16.3 Å². The first-order valence-corrected chi connectivity index (χ1v) is 5.43. The molecule has 1 aromatic rings. The number of rotatable bonds is 4. The fourth-order valence-corrected chi connectivity index (χ4v) is 1.66. The van der Waals surface area contributed by atoms with E-state index in [2.05, 4.69) is 0 Å². The summed E-state index contributed by atoms with van der Waals surface area (Å²) in [6.07, 6.45) is -0.222. The van der Waals surface area contributed by atoms with Crippen LogP contribution in [0.5, 0.6) is 0 Å². The van der Waals surface area contributed by atoms with Crippen molar-refractivity contribution in [1.82, 2.24) is 0 Å². The van der Waals surface area contributed by atoms with Crippen LogP contribution < -0.4 is 0 Å². The number of ether oxygens (including phenoxy) is 1. The highest BCUT2D eigenvalue weighted by atomic mass is 35.5. The monoisotopic (exact) mass is 246 g/mol. The lowest BCUT2D eigenvalue weighted by molar-refractivity contribution is -0.0719. The summed E-state index contributed by atoms with van der Waals surface area (Å²) in [5, 5.41) is 10.6. The van der Waals surface area contributed by atoms with E-state index >= 15 is 0 Å². The van der Waals surface area contributed by atoms with Crippen molar-refractivity contribution in [3.05, 3.63) is 34.6 Å². The van der Waals surface area contributed by atoms with Crippen LogP contribution in [0.3, 0.4) is 0 Å². The number of hydrogen-bond acceptors (Lipinski definition) is 2. The highest BCUT2D eigenvalue weighted by Crippen LogP contribution is 2.23. The van der Waals surface area contributed by atoms with Crippen molar-refractivity contribution in [2.75, 3.05) is 7.11 Å². The van der Waals surface area contributed by atoms with Crippen LogP contribution in [0.4, 0.5) is 4.39 Å². The van der Waals surface area contributed by atoms with Gasteiger partial charge in [-0.2, -0.15) is 0 Å². The summed E-state index contributed by atoms with van der Waals surface area (Å²) in [7, 11) is 1.51.